The first-order valence-electron chi connectivity index (χ1n) is 9.16. The molecule has 5 nitrogen and oxygen atoms in total. The van der Waals surface area contributed by atoms with Gasteiger partial charge in [0.25, 0.3) is 0 Å². The molecular formula is C20H28N4O. The molecule has 0 radical (unpaired) electrons. The number of hydrogen-bond donors (Lipinski definition) is 1. The molecule has 1 amide bonds. The molecule has 0 spiro atoms. The summed E-state index contributed by atoms with van der Waals surface area (Å²) in [6.07, 6.45) is 7.87. The van der Waals surface area contributed by atoms with Crippen molar-refractivity contribution in [1.82, 2.24) is 14.8 Å². The van der Waals surface area contributed by atoms with Crippen LogP contribution in [0.1, 0.15) is 52.1 Å². The normalized spacial score (nSPS) is 21.1. The van der Waals surface area contributed by atoms with E-state index in [0.717, 1.165) is 31.4 Å². The van der Waals surface area contributed by atoms with Crippen molar-refractivity contribution in [1.29, 1.82) is 0 Å². The van der Waals surface area contributed by atoms with Crippen LogP contribution in [0.3, 0.4) is 0 Å². The van der Waals surface area contributed by atoms with E-state index < -0.39 is 0 Å². The van der Waals surface area contributed by atoms with Crippen molar-refractivity contribution in [3.8, 4) is 0 Å². The zero-order valence-corrected chi connectivity index (χ0v) is 15.4. The third-order valence-electron chi connectivity index (χ3n) is 5.26. The fourth-order valence-corrected chi connectivity index (χ4v) is 3.62. The Labute approximate surface area is 149 Å². The predicted molar refractivity (Wildman–Crippen MR) is 99.1 cm³/mol. The zero-order valence-electron chi connectivity index (χ0n) is 15.4. The topological polar surface area (TPSA) is 59.8 Å². The van der Waals surface area contributed by atoms with Crippen molar-refractivity contribution >= 4 is 11.7 Å². The lowest BCUT2D eigenvalue weighted by Gasteiger charge is -2.36. The van der Waals surface area contributed by atoms with Crippen molar-refractivity contribution in [2.75, 3.05) is 5.32 Å². The van der Waals surface area contributed by atoms with Crippen LogP contribution < -0.4 is 5.32 Å². The van der Waals surface area contributed by atoms with Crippen molar-refractivity contribution in [2.24, 2.45) is 17.3 Å². The molecule has 1 aliphatic rings. The Bertz CT molecular complexity index is 694. The Morgan fingerprint density at radius 2 is 1.96 bits per heavy atom. The fraction of sp³-hybridized carbons (Fsp3) is 0.550. The highest BCUT2D eigenvalue weighted by Gasteiger charge is 2.32. The van der Waals surface area contributed by atoms with Gasteiger partial charge in [-0.3, -0.25) is 14.5 Å². The first-order chi connectivity index (χ1) is 11.9. The van der Waals surface area contributed by atoms with Crippen LogP contribution >= 0.6 is 0 Å². The molecule has 5 heteroatoms. The standard InChI is InChI=1S/C20H28N4O/c1-20(2,3)16-9-7-15(8-10-16)19(25)22-18-11-13-24(23-18)14-17-6-4-5-12-21-17/h4-6,11-13,15-16H,7-10,14H2,1-3H3,(H,22,23,25). The van der Waals surface area contributed by atoms with Crippen LogP contribution in [0.15, 0.2) is 36.7 Å². The summed E-state index contributed by atoms with van der Waals surface area (Å²) in [6, 6.07) is 7.67. The smallest absolute Gasteiger partial charge is 0.228 e. The van der Waals surface area contributed by atoms with Crippen LogP contribution in [0.4, 0.5) is 5.82 Å². The average Bonchev–Trinajstić information content (AvgIpc) is 3.02. The van der Waals surface area contributed by atoms with E-state index in [1.165, 1.54) is 0 Å². The number of hydrogen-bond acceptors (Lipinski definition) is 3. The van der Waals surface area contributed by atoms with E-state index >= 15 is 0 Å². The minimum Gasteiger partial charge on any atom is -0.309 e. The molecule has 0 unspecified atom stereocenters. The van der Waals surface area contributed by atoms with Gasteiger partial charge in [0.2, 0.25) is 5.91 Å². The first kappa shape index (κ1) is 17.6. The highest BCUT2D eigenvalue weighted by Crippen LogP contribution is 2.40. The molecule has 2 heterocycles. The van der Waals surface area contributed by atoms with Crippen LogP contribution in [0, 0.1) is 17.3 Å². The molecule has 2 aromatic heterocycles. The molecule has 0 aliphatic heterocycles. The van der Waals surface area contributed by atoms with E-state index in [0.29, 0.717) is 23.7 Å². The minimum absolute atomic E-state index is 0.107. The van der Waals surface area contributed by atoms with Crippen molar-refractivity contribution in [3.05, 3.63) is 42.4 Å². The van der Waals surface area contributed by atoms with Gasteiger partial charge < -0.3 is 5.32 Å². The van der Waals surface area contributed by atoms with Gasteiger partial charge in [-0.15, -0.1) is 0 Å². The third-order valence-corrected chi connectivity index (χ3v) is 5.26. The Morgan fingerprint density at radius 1 is 1.20 bits per heavy atom. The quantitative estimate of drug-likeness (QED) is 0.911. The molecule has 25 heavy (non-hydrogen) atoms. The Balaban J connectivity index is 1.52. The van der Waals surface area contributed by atoms with Gasteiger partial charge in [-0.2, -0.15) is 5.10 Å². The largest absolute Gasteiger partial charge is 0.309 e. The number of carbonyl (C=O) groups excluding carboxylic acids is 1. The Kier molecular flexibility index (Phi) is 5.21. The van der Waals surface area contributed by atoms with E-state index in [1.807, 2.05) is 30.5 Å². The van der Waals surface area contributed by atoms with E-state index in [4.69, 9.17) is 0 Å². The van der Waals surface area contributed by atoms with E-state index in [1.54, 1.807) is 10.9 Å². The average molecular weight is 340 g/mol. The van der Waals surface area contributed by atoms with Gasteiger partial charge in [-0.05, 0) is 49.1 Å². The fourth-order valence-electron chi connectivity index (χ4n) is 3.62. The number of pyridine rings is 1. The second-order valence-corrected chi connectivity index (χ2v) is 8.12. The summed E-state index contributed by atoms with van der Waals surface area (Å²) in [6.45, 7) is 7.50. The molecule has 2 aromatic rings. The number of amides is 1. The van der Waals surface area contributed by atoms with E-state index in [9.17, 15) is 4.79 Å². The Morgan fingerprint density at radius 3 is 2.60 bits per heavy atom. The molecular weight excluding hydrogens is 312 g/mol. The molecule has 0 aromatic carbocycles. The maximum absolute atomic E-state index is 12.5. The number of nitrogens with zero attached hydrogens (tertiary/aromatic N) is 3. The first-order valence-corrected chi connectivity index (χ1v) is 9.16. The lowest BCUT2D eigenvalue weighted by molar-refractivity contribution is -0.121. The van der Waals surface area contributed by atoms with Crippen LogP contribution in [0.5, 0.6) is 0 Å². The lowest BCUT2D eigenvalue weighted by atomic mass is 9.70. The highest BCUT2D eigenvalue weighted by molar-refractivity contribution is 5.91. The number of nitrogens with one attached hydrogen (secondary N) is 1. The van der Waals surface area contributed by atoms with Crippen molar-refractivity contribution < 1.29 is 4.79 Å². The zero-order chi connectivity index (χ0) is 17.9. The summed E-state index contributed by atoms with van der Waals surface area (Å²) < 4.78 is 1.80. The maximum atomic E-state index is 12.5. The molecule has 134 valence electrons. The summed E-state index contributed by atoms with van der Waals surface area (Å²) in [7, 11) is 0. The van der Waals surface area contributed by atoms with E-state index in [-0.39, 0.29) is 11.8 Å². The van der Waals surface area contributed by atoms with Crippen molar-refractivity contribution in [3.63, 3.8) is 0 Å². The molecule has 0 atom stereocenters. The third kappa shape index (κ3) is 4.68. The monoisotopic (exact) mass is 340 g/mol. The molecule has 1 N–H and O–H groups in total. The van der Waals surface area contributed by atoms with Crippen LogP contribution in [0.2, 0.25) is 0 Å². The van der Waals surface area contributed by atoms with Gasteiger partial charge in [0.1, 0.15) is 0 Å². The van der Waals surface area contributed by atoms with Crippen LogP contribution in [-0.4, -0.2) is 20.7 Å². The predicted octanol–water partition coefficient (Wildman–Crippen LogP) is 4.12. The van der Waals surface area contributed by atoms with Gasteiger partial charge in [0.15, 0.2) is 5.82 Å². The summed E-state index contributed by atoms with van der Waals surface area (Å²) in [5, 5.41) is 7.42. The molecule has 1 saturated carbocycles. The summed E-state index contributed by atoms with van der Waals surface area (Å²) in [5.74, 6) is 1.56. The van der Waals surface area contributed by atoms with Crippen LogP contribution in [0.25, 0.3) is 0 Å². The van der Waals surface area contributed by atoms with Gasteiger partial charge in [-0.1, -0.05) is 26.8 Å². The summed E-state index contributed by atoms with van der Waals surface area (Å²) >= 11 is 0. The summed E-state index contributed by atoms with van der Waals surface area (Å²) in [4.78, 5) is 16.8. The van der Waals surface area contributed by atoms with Gasteiger partial charge >= 0.3 is 0 Å². The minimum atomic E-state index is 0.107. The molecule has 1 aliphatic carbocycles. The second-order valence-electron chi connectivity index (χ2n) is 8.12. The number of rotatable bonds is 4. The highest BCUT2D eigenvalue weighted by atomic mass is 16.2. The second kappa shape index (κ2) is 7.38. The number of carbonyl (C=O) groups is 1. The van der Waals surface area contributed by atoms with Crippen LogP contribution in [-0.2, 0) is 11.3 Å². The molecule has 1 fully saturated rings. The number of anilines is 1. The van der Waals surface area contributed by atoms with Gasteiger partial charge in [-0.25, -0.2) is 0 Å². The lowest BCUT2D eigenvalue weighted by Crippen LogP contribution is -2.31. The molecule has 3 rings (SSSR count). The van der Waals surface area contributed by atoms with E-state index in [2.05, 4.69) is 36.2 Å². The molecule has 0 saturated heterocycles. The molecule has 0 bridgehead atoms. The Hall–Kier alpha value is -2.17. The van der Waals surface area contributed by atoms with Gasteiger partial charge in [0, 0.05) is 24.4 Å². The maximum Gasteiger partial charge on any atom is 0.228 e. The SMILES string of the molecule is CC(C)(C)C1CCC(C(=O)Nc2ccn(Cc3ccccn3)n2)CC1. The van der Waals surface area contributed by atoms with Gasteiger partial charge in [0.05, 0.1) is 12.2 Å². The number of aromatic nitrogens is 3. The summed E-state index contributed by atoms with van der Waals surface area (Å²) in [5.41, 5.74) is 1.29. The van der Waals surface area contributed by atoms with Crippen molar-refractivity contribution in [2.45, 2.75) is 53.0 Å².